The highest BCUT2D eigenvalue weighted by Crippen LogP contribution is 2.27. The van der Waals surface area contributed by atoms with Gasteiger partial charge in [0.2, 0.25) is 0 Å². The van der Waals surface area contributed by atoms with Gasteiger partial charge in [-0.3, -0.25) is 19.3 Å². The minimum atomic E-state index is -0.319. The van der Waals surface area contributed by atoms with E-state index in [9.17, 15) is 14.4 Å². The Morgan fingerprint density at radius 2 is 1.79 bits per heavy atom. The average Bonchev–Trinajstić information content (AvgIpc) is 2.91. The van der Waals surface area contributed by atoms with Crippen LogP contribution in [0, 0.1) is 5.92 Å². The van der Waals surface area contributed by atoms with E-state index >= 15 is 0 Å². The second kappa shape index (κ2) is 6.78. The fraction of sp³-hybridized carbons (Fsp3) is 0.318. The number of nitrogens with zero attached hydrogens (tertiary/aromatic N) is 2. The highest BCUT2D eigenvalue weighted by atomic mass is 16.2. The van der Waals surface area contributed by atoms with Gasteiger partial charge >= 0.3 is 0 Å². The Morgan fingerprint density at radius 3 is 2.54 bits per heavy atom. The molecule has 28 heavy (non-hydrogen) atoms. The summed E-state index contributed by atoms with van der Waals surface area (Å²) in [4.78, 5) is 41.2. The van der Waals surface area contributed by atoms with Gasteiger partial charge in [0.25, 0.3) is 17.7 Å². The molecular formula is C22H23N3O3. The Bertz CT molecular complexity index is 997. The topological polar surface area (TPSA) is 83.7 Å². The maximum Gasteiger partial charge on any atom is 0.261 e. The van der Waals surface area contributed by atoms with E-state index in [4.69, 9.17) is 5.73 Å². The average molecular weight is 377 g/mol. The molecule has 3 amide bonds. The van der Waals surface area contributed by atoms with Gasteiger partial charge < -0.3 is 10.6 Å². The second-order valence-electron chi connectivity index (χ2n) is 7.88. The number of hydrogen-bond acceptors (Lipinski definition) is 4. The molecule has 6 nitrogen and oxygen atoms in total. The van der Waals surface area contributed by atoms with Crippen molar-refractivity contribution in [3.63, 3.8) is 0 Å². The van der Waals surface area contributed by atoms with Crippen LogP contribution in [-0.4, -0.2) is 40.6 Å². The van der Waals surface area contributed by atoms with Gasteiger partial charge in [-0.1, -0.05) is 19.9 Å². The SMILES string of the molecule is CC(C)CN1C(=O)c2ccc(C(=O)N3CCc4ccc(N)cc4C3)cc2C1=O. The van der Waals surface area contributed by atoms with Crippen LogP contribution >= 0.6 is 0 Å². The van der Waals surface area contributed by atoms with Crippen molar-refractivity contribution in [2.75, 3.05) is 18.8 Å². The zero-order valence-electron chi connectivity index (χ0n) is 16.1. The lowest BCUT2D eigenvalue weighted by molar-refractivity contribution is 0.0635. The summed E-state index contributed by atoms with van der Waals surface area (Å²) in [7, 11) is 0. The fourth-order valence-electron chi connectivity index (χ4n) is 3.89. The summed E-state index contributed by atoms with van der Waals surface area (Å²) < 4.78 is 0. The van der Waals surface area contributed by atoms with Gasteiger partial charge in [0, 0.05) is 30.9 Å². The number of benzene rings is 2. The Kier molecular flexibility index (Phi) is 4.41. The molecule has 0 spiro atoms. The molecule has 0 aromatic heterocycles. The zero-order valence-corrected chi connectivity index (χ0v) is 16.1. The van der Waals surface area contributed by atoms with Crippen molar-refractivity contribution in [3.8, 4) is 0 Å². The van der Waals surface area contributed by atoms with Crippen LogP contribution in [0.5, 0.6) is 0 Å². The van der Waals surface area contributed by atoms with Crippen LogP contribution in [0.4, 0.5) is 5.69 Å². The highest BCUT2D eigenvalue weighted by molar-refractivity contribution is 6.22. The molecule has 2 aliphatic rings. The molecule has 2 aromatic rings. The number of fused-ring (bicyclic) bond motifs is 2. The zero-order chi connectivity index (χ0) is 20.0. The third-order valence-electron chi connectivity index (χ3n) is 5.30. The number of rotatable bonds is 3. The maximum absolute atomic E-state index is 13.0. The minimum Gasteiger partial charge on any atom is -0.399 e. The van der Waals surface area contributed by atoms with E-state index in [0.29, 0.717) is 42.0 Å². The first-order valence-electron chi connectivity index (χ1n) is 9.52. The first kappa shape index (κ1) is 18.2. The van der Waals surface area contributed by atoms with Gasteiger partial charge in [0.15, 0.2) is 0 Å². The van der Waals surface area contributed by atoms with Crippen molar-refractivity contribution in [2.45, 2.75) is 26.8 Å². The number of anilines is 1. The number of nitrogen functional groups attached to an aromatic ring is 1. The molecule has 0 saturated heterocycles. The van der Waals surface area contributed by atoms with Crippen LogP contribution in [0.1, 0.15) is 56.0 Å². The third-order valence-corrected chi connectivity index (χ3v) is 5.30. The van der Waals surface area contributed by atoms with Gasteiger partial charge in [-0.25, -0.2) is 0 Å². The number of imide groups is 1. The second-order valence-corrected chi connectivity index (χ2v) is 7.88. The van der Waals surface area contributed by atoms with Crippen molar-refractivity contribution >= 4 is 23.4 Å². The molecular weight excluding hydrogens is 354 g/mol. The lowest BCUT2D eigenvalue weighted by Crippen LogP contribution is -2.36. The molecule has 144 valence electrons. The van der Waals surface area contributed by atoms with Gasteiger partial charge in [0.05, 0.1) is 11.1 Å². The monoisotopic (exact) mass is 377 g/mol. The van der Waals surface area contributed by atoms with Crippen LogP contribution in [0.3, 0.4) is 0 Å². The first-order chi connectivity index (χ1) is 13.3. The number of amides is 3. The van der Waals surface area contributed by atoms with Crippen molar-refractivity contribution in [3.05, 3.63) is 64.2 Å². The van der Waals surface area contributed by atoms with Crippen LogP contribution in [0.15, 0.2) is 36.4 Å². The number of carbonyl (C=O) groups is 3. The van der Waals surface area contributed by atoms with E-state index in [1.807, 2.05) is 32.0 Å². The molecule has 2 aromatic carbocycles. The molecule has 4 rings (SSSR count). The van der Waals surface area contributed by atoms with E-state index in [1.165, 1.54) is 10.5 Å². The molecule has 0 radical (unpaired) electrons. The molecule has 2 aliphatic heterocycles. The van der Waals surface area contributed by atoms with E-state index in [1.54, 1.807) is 23.1 Å². The smallest absolute Gasteiger partial charge is 0.261 e. The first-order valence-corrected chi connectivity index (χ1v) is 9.52. The molecule has 0 aliphatic carbocycles. The quantitative estimate of drug-likeness (QED) is 0.658. The highest BCUT2D eigenvalue weighted by Gasteiger charge is 2.36. The van der Waals surface area contributed by atoms with Crippen molar-refractivity contribution < 1.29 is 14.4 Å². The normalized spacial score (nSPS) is 15.8. The largest absolute Gasteiger partial charge is 0.399 e. The van der Waals surface area contributed by atoms with Crippen LogP contribution in [0.25, 0.3) is 0 Å². The summed E-state index contributed by atoms with van der Waals surface area (Å²) in [6.07, 6.45) is 0.770. The molecule has 0 bridgehead atoms. The summed E-state index contributed by atoms with van der Waals surface area (Å²) in [6, 6.07) is 10.6. The van der Waals surface area contributed by atoms with Crippen LogP contribution in [-0.2, 0) is 13.0 Å². The summed E-state index contributed by atoms with van der Waals surface area (Å²) in [5, 5.41) is 0. The molecule has 2 N–H and O–H groups in total. The van der Waals surface area contributed by atoms with E-state index in [-0.39, 0.29) is 23.6 Å². The molecule has 2 heterocycles. The Hall–Kier alpha value is -3.15. The Balaban J connectivity index is 1.59. The molecule has 0 saturated carbocycles. The fourth-order valence-corrected chi connectivity index (χ4v) is 3.89. The third kappa shape index (κ3) is 3.05. The number of carbonyl (C=O) groups excluding carboxylic acids is 3. The summed E-state index contributed by atoms with van der Waals surface area (Å²) in [5.74, 6) is -0.558. The van der Waals surface area contributed by atoms with Gasteiger partial charge in [-0.05, 0) is 53.8 Å². The van der Waals surface area contributed by atoms with Crippen LogP contribution < -0.4 is 5.73 Å². The minimum absolute atomic E-state index is 0.140. The molecule has 0 unspecified atom stereocenters. The predicted molar refractivity (Wildman–Crippen MR) is 106 cm³/mol. The van der Waals surface area contributed by atoms with E-state index in [2.05, 4.69) is 0 Å². The molecule has 0 atom stereocenters. The van der Waals surface area contributed by atoms with Gasteiger partial charge in [0.1, 0.15) is 0 Å². The predicted octanol–water partition coefficient (Wildman–Crippen LogP) is 2.72. The lowest BCUT2D eigenvalue weighted by atomic mass is 9.98. The van der Waals surface area contributed by atoms with Crippen molar-refractivity contribution in [1.82, 2.24) is 9.80 Å². The summed E-state index contributed by atoms with van der Waals surface area (Å²) in [6.45, 7) is 5.39. The Morgan fingerprint density at radius 1 is 1.04 bits per heavy atom. The maximum atomic E-state index is 13.0. The number of hydrogen-bond donors (Lipinski definition) is 1. The van der Waals surface area contributed by atoms with Crippen molar-refractivity contribution in [2.24, 2.45) is 5.92 Å². The van der Waals surface area contributed by atoms with Crippen LogP contribution in [0.2, 0.25) is 0 Å². The molecule has 6 heteroatoms. The van der Waals surface area contributed by atoms with Gasteiger partial charge in [-0.2, -0.15) is 0 Å². The number of nitrogens with two attached hydrogens (primary N) is 1. The van der Waals surface area contributed by atoms with E-state index < -0.39 is 0 Å². The lowest BCUT2D eigenvalue weighted by Gasteiger charge is -2.29. The van der Waals surface area contributed by atoms with Crippen molar-refractivity contribution in [1.29, 1.82) is 0 Å². The standard InChI is InChI=1S/C22H23N3O3/c1-13(2)11-25-21(27)18-6-4-15(10-19(18)22(25)28)20(26)24-8-7-14-3-5-17(23)9-16(14)12-24/h3-6,9-10,13H,7-8,11-12,23H2,1-2H3. The van der Waals surface area contributed by atoms with Gasteiger partial charge in [-0.15, -0.1) is 0 Å². The Labute approximate surface area is 163 Å². The summed E-state index contributed by atoms with van der Waals surface area (Å²) in [5.41, 5.74) is 9.93. The molecule has 0 fully saturated rings. The summed E-state index contributed by atoms with van der Waals surface area (Å²) >= 11 is 0. The van der Waals surface area contributed by atoms with E-state index in [0.717, 1.165) is 12.0 Å².